The third-order valence-corrected chi connectivity index (χ3v) is 4.39. The van der Waals surface area contributed by atoms with E-state index in [0.29, 0.717) is 0 Å². The highest BCUT2D eigenvalue weighted by Crippen LogP contribution is 2.35. The SMILES string of the molecule is COCCNc1cc(C(=O)NC2=CC(=N)c3cc(F)c(F)cc32)ccc1C(F)(F)F. The minimum Gasteiger partial charge on any atom is -0.383 e. The molecule has 0 spiro atoms. The van der Waals surface area contributed by atoms with Gasteiger partial charge in [-0.1, -0.05) is 0 Å². The first kappa shape index (κ1) is 21.4. The van der Waals surface area contributed by atoms with Crippen molar-refractivity contribution in [3.63, 3.8) is 0 Å². The largest absolute Gasteiger partial charge is 0.418 e. The summed E-state index contributed by atoms with van der Waals surface area (Å²) in [6.07, 6.45) is -3.42. The highest BCUT2D eigenvalue weighted by atomic mass is 19.4. The van der Waals surface area contributed by atoms with Gasteiger partial charge >= 0.3 is 6.18 Å². The van der Waals surface area contributed by atoms with Gasteiger partial charge in [0.1, 0.15) is 0 Å². The van der Waals surface area contributed by atoms with Gasteiger partial charge in [-0.15, -0.1) is 0 Å². The zero-order valence-corrected chi connectivity index (χ0v) is 15.6. The maximum Gasteiger partial charge on any atom is 0.418 e. The van der Waals surface area contributed by atoms with Crippen LogP contribution in [-0.4, -0.2) is 31.9 Å². The topological polar surface area (TPSA) is 74.2 Å². The van der Waals surface area contributed by atoms with E-state index in [1.54, 1.807) is 0 Å². The maximum atomic E-state index is 13.6. The smallest absolute Gasteiger partial charge is 0.383 e. The fraction of sp³-hybridized carbons (Fsp3) is 0.200. The van der Waals surface area contributed by atoms with Crippen LogP contribution in [0, 0.1) is 17.0 Å². The van der Waals surface area contributed by atoms with Gasteiger partial charge < -0.3 is 20.8 Å². The Balaban J connectivity index is 1.88. The lowest BCUT2D eigenvalue weighted by molar-refractivity contribution is -0.137. The molecule has 1 amide bonds. The first-order valence-corrected chi connectivity index (χ1v) is 8.67. The number of benzene rings is 2. The molecule has 0 aliphatic heterocycles. The molecule has 5 nitrogen and oxygen atoms in total. The number of fused-ring (bicyclic) bond motifs is 1. The van der Waals surface area contributed by atoms with Crippen LogP contribution >= 0.6 is 0 Å². The quantitative estimate of drug-likeness (QED) is 0.480. The molecule has 0 atom stereocenters. The summed E-state index contributed by atoms with van der Waals surface area (Å²) in [6.45, 7) is 0.243. The molecule has 0 saturated heterocycles. The standard InChI is InChI=1S/C20H16F5N3O2/c1-30-5-4-27-18-6-10(2-3-13(18)20(23,24)25)19(29)28-17-9-16(26)11-7-14(21)15(22)8-12(11)17/h2-3,6-9,26-27H,4-5H2,1H3,(H,28,29). The minimum atomic E-state index is -4.63. The van der Waals surface area contributed by atoms with Gasteiger partial charge in [0.2, 0.25) is 0 Å². The number of carbonyl (C=O) groups excluding carboxylic acids is 1. The number of anilines is 1. The number of carbonyl (C=O) groups is 1. The predicted octanol–water partition coefficient (Wildman–Crippen LogP) is 4.19. The van der Waals surface area contributed by atoms with E-state index < -0.39 is 29.3 Å². The summed E-state index contributed by atoms with van der Waals surface area (Å²) in [4.78, 5) is 12.6. The van der Waals surface area contributed by atoms with Gasteiger partial charge in [0.15, 0.2) is 11.6 Å². The van der Waals surface area contributed by atoms with Crippen LogP contribution in [0.4, 0.5) is 27.6 Å². The Kier molecular flexibility index (Phi) is 5.88. The minimum absolute atomic E-state index is 0.0488. The zero-order chi connectivity index (χ0) is 22.1. The Labute approximate surface area is 168 Å². The third-order valence-electron chi connectivity index (χ3n) is 4.39. The van der Waals surface area contributed by atoms with E-state index in [1.165, 1.54) is 13.2 Å². The summed E-state index contributed by atoms with van der Waals surface area (Å²) in [7, 11) is 1.40. The van der Waals surface area contributed by atoms with Gasteiger partial charge in [0, 0.05) is 36.0 Å². The Hall–Kier alpha value is -3.27. The lowest BCUT2D eigenvalue weighted by Crippen LogP contribution is -2.22. The number of halogens is 5. The van der Waals surface area contributed by atoms with Crippen molar-refractivity contribution in [2.75, 3.05) is 25.6 Å². The number of alkyl halides is 3. The van der Waals surface area contributed by atoms with Gasteiger partial charge in [0.05, 0.1) is 23.6 Å². The Morgan fingerprint density at radius 2 is 1.77 bits per heavy atom. The van der Waals surface area contributed by atoms with Gasteiger partial charge in [-0.2, -0.15) is 13.2 Å². The number of ether oxygens (including phenoxy) is 1. The molecule has 158 valence electrons. The van der Waals surface area contributed by atoms with Crippen molar-refractivity contribution in [1.82, 2.24) is 5.32 Å². The van der Waals surface area contributed by atoms with E-state index in [0.717, 1.165) is 30.3 Å². The Bertz CT molecular complexity index is 1050. The molecule has 1 aliphatic carbocycles. The number of hydrogen-bond donors (Lipinski definition) is 3. The molecule has 2 aromatic rings. The van der Waals surface area contributed by atoms with Crippen molar-refractivity contribution in [2.24, 2.45) is 0 Å². The van der Waals surface area contributed by atoms with Crippen molar-refractivity contribution < 1.29 is 31.5 Å². The van der Waals surface area contributed by atoms with Crippen LogP contribution in [0.3, 0.4) is 0 Å². The molecular formula is C20H16F5N3O2. The number of amides is 1. The second-order valence-corrected chi connectivity index (χ2v) is 6.42. The average Bonchev–Trinajstić information content (AvgIpc) is 2.96. The summed E-state index contributed by atoms with van der Waals surface area (Å²) in [5.41, 5.74) is -1.21. The van der Waals surface area contributed by atoms with E-state index in [9.17, 15) is 26.7 Å². The molecule has 1 aliphatic rings. The number of methoxy groups -OCH3 is 1. The van der Waals surface area contributed by atoms with Crippen LogP contribution < -0.4 is 10.6 Å². The van der Waals surface area contributed by atoms with E-state index >= 15 is 0 Å². The van der Waals surface area contributed by atoms with Crippen molar-refractivity contribution in [1.29, 1.82) is 5.41 Å². The predicted molar refractivity (Wildman–Crippen MR) is 100 cm³/mol. The Morgan fingerprint density at radius 3 is 2.40 bits per heavy atom. The molecular weight excluding hydrogens is 409 g/mol. The van der Waals surface area contributed by atoms with Crippen LogP contribution in [0.5, 0.6) is 0 Å². The monoisotopic (exact) mass is 425 g/mol. The van der Waals surface area contributed by atoms with E-state index in [-0.39, 0.29) is 46.9 Å². The second kappa shape index (κ2) is 8.23. The second-order valence-electron chi connectivity index (χ2n) is 6.42. The number of rotatable bonds is 6. The molecule has 10 heteroatoms. The van der Waals surface area contributed by atoms with Gasteiger partial charge in [-0.3, -0.25) is 4.79 Å². The van der Waals surface area contributed by atoms with E-state index in [1.807, 2.05) is 0 Å². The van der Waals surface area contributed by atoms with Crippen LogP contribution in [0.2, 0.25) is 0 Å². The summed E-state index contributed by atoms with van der Waals surface area (Å²) >= 11 is 0. The molecule has 0 fully saturated rings. The first-order chi connectivity index (χ1) is 14.1. The van der Waals surface area contributed by atoms with Crippen LogP contribution in [0.25, 0.3) is 5.70 Å². The average molecular weight is 425 g/mol. The molecule has 2 aromatic carbocycles. The molecule has 3 N–H and O–H groups in total. The van der Waals surface area contributed by atoms with Crippen LogP contribution in [0.1, 0.15) is 27.0 Å². The molecule has 0 saturated carbocycles. The highest BCUT2D eigenvalue weighted by molar-refractivity contribution is 6.19. The summed E-state index contributed by atoms with van der Waals surface area (Å²) in [5.74, 6) is -3.05. The van der Waals surface area contributed by atoms with Gasteiger partial charge in [0.25, 0.3) is 5.91 Å². The number of allylic oxidation sites excluding steroid dienone is 1. The number of nitrogens with one attached hydrogen (secondary N) is 3. The lowest BCUT2D eigenvalue weighted by Gasteiger charge is -2.16. The van der Waals surface area contributed by atoms with E-state index in [2.05, 4.69) is 10.6 Å². The van der Waals surface area contributed by atoms with E-state index in [4.69, 9.17) is 10.1 Å². The lowest BCUT2D eigenvalue weighted by atomic mass is 10.1. The van der Waals surface area contributed by atoms with Crippen molar-refractivity contribution in [3.8, 4) is 0 Å². The molecule has 0 aromatic heterocycles. The van der Waals surface area contributed by atoms with Gasteiger partial charge in [-0.25, -0.2) is 8.78 Å². The maximum absolute atomic E-state index is 13.6. The highest BCUT2D eigenvalue weighted by Gasteiger charge is 2.34. The van der Waals surface area contributed by atoms with Crippen LogP contribution in [-0.2, 0) is 10.9 Å². The van der Waals surface area contributed by atoms with Gasteiger partial charge in [-0.05, 0) is 36.4 Å². The van der Waals surface area contributed by atoms with Crippen molar-refractivity contribution >= 4 is 23.0 Å². The molecule has 0 unspecified atom stereocenters. The van der Waals surface area contributed by atoms with Crippen LogP contribution in [0.15, 0.2) is 36.4 Å². The number of hydrogen-bond acceptors (Lipinski definition) is 4. The normalized spacial score (nSPS) is 13.1. The van der Waals surface area contributed by atoms with Crippen molar-refractivity contribution in [2.45, 2.75) is 6.18 Å². The van der Waals surface area contributed by atoms with Crippen molar-refractivity contribution in [3.05, 3.63) is 70.3 Å². The molecule has 0 radical (unpaired) electrons. The first-order valence-electron chi connectivity index (χ1n) is 8.67. The summed E-state index contributed by atoms with van der Waals surface area (Å²) in [5, 5.41) is 12.9. The zero-order valence-electron chi connectivity index (χ0n) is 15.6. The Morgan fingerprint density at radius 1 is 1.10 bits per heavy atom. The fourth-order valence-corrected chi connectivity index (χ4v) is 2.96. The third kappa shape index (κ3) is 4.33. The fourth-order valence-electron chi connectivity index (χ4n) is 2.96. The molecule has 30 heavy (non-hydrogen) atoms. The molecule has 0 heterocycles. The summed E-state index contributed by atoms with van der Waals surface area (Å²) < 4.78 is 71.5. The molecule has 3 rings (SSSR count). The molecule has 0 bridgehead atoms. The summed E-state index contributed by atoms with van der Waals surface area (Å²) in [6, 6.07) is 4.52.